The van der Waals surface area contributed by atoms with E-state index in [0.29, 0.717) is 11.3 Å². The Labute approximate surface area is 172 Å². The summed E-state index contributed by atoms with van der Waals surface area (Å²) < 4.78 is 40.6. The zero-order chi connectivity index (χ0) is 21.2. The average molecular weight is 440 g/mol. The Morgan fingerprint density at radius 2 is 2.00 bits per heavy atom. The van der Waals surface area contributed by atoms with Crippen LogP contribution in [0.25, 0.3) is 0 Å². The summed E-state index contributed by atoms with van der Waals surface area (Å²) in [4.78, 5) is 25.9. The summed E-state index contributed by atoms with van der Waals surface area (Å²) in [5.74, 6) is -1.99. The van der Waals surface area contributed by atoms with E-state index in [1.54, 1.807) is 6.07 Å². The number of nitrogens with zero attached hydrogens (tertiary/aromatic N) is 1. The van der Waals surface area contributed by atoms with E-state index in [4.69, 9.17) is 0 Å². The van der Waals surface area contributed by atoms with E-state index in [9.17, 15) is 22.4 Å². The van der Waals surface area contributed by atoms with Gasteiger partial charge in [-0.05, 0) is 49.9 Å². The Hall–Kier alpha value is -2.30. The van der Waals surface area contributed by atoms with Crippen LogP contribution in [-0.4, -0.2) is 37.1 Å². The molecule has 1 aromatic heterocycles. The molecule has 0 aliphatic carbocycles. The van der Waals surface area contributed by atoms with Crippen molar-refractivity contribution in [1.82, 2.24) is 15.2 Å². The van der Waals surface area contributed by atoms with Gasteiger partial charge in [0.2, 0.25) is 10.0 Å². The molecule has 2 aromatic rings. The Kier molecular flexibility index (Phi) is 6.35. The monoisotopic (exact) mass is 439 g/mol. The summed E-state index contributed by atoms with van der Waals surface area (Å²) in [6, 6.07) is 5.78. The molecule has 29 heavy (non-hydrogen) atoms. The Morgan fingerprint density at radius 3 is 2.66 bits per heavy atom. The lowest BCUT2D eigenvalue weighted by Gasteiger charge is -2.23. The van der Waals surface area contributed by atoms with E-state index >= 15 is 0 Å². The zero-order valence-corrected chi connectivity index (χ0v) is 17.7. The maximum atomic E-state index is 14.0. The molecule has 0 spiro atoms. The Balaban J connectivity index is 1.70. The van der Waals surface area contributed by atoms with Crippen molar-refractivity contribution in [2.45, 2.75) is 44.0 Å². The van der Waals surface area contributed by atoms with Crippen LogP contribution in [0.5, 0.6) is 0 Å². The second kappa shape index (κ2) is 8.60. The normalized spacial score (nSPS) is 17.3. The number of hydrogen-bond donors (Lipinski definition) is 2. The predicted octanol–water partition coefficient (Wildman–Crippen LogP) is 2.37. The third-order valence-electron chi connectivity index (χ3n) is 4.79. The number of nitrogens with one attached hydrogen (secondary N) is 2. The van der Waals surface area contributed by atoms with Crippen LogP contribution in [0.4, 0.5) is 4.39 Å². The molecule has 2 heterocycles. The Morgan fingerprint density at radius 1 is 1.28 bits per heavy atom. The highest BCUT2D eigenvalue weighted by molar-refractivity contribution is 7.89. The third-order valence-corrected chi connectivity index (χ3v) is 8.12. The van der Waals surface area contributed by atoms with Gasteiger partial charge in [-0.15, -0.1) is 11.3 Å². The van der Waals surface area contributed by atoms with Crippen molar-refractivity contribution in [3.8, 4) is 0 Å². The van der Waals surface area contributed by atoms with Gasteiger partial charge >= 0.3 is 0 Å². The van der Waals surface area contributed by atoms with Gasteiger partial charge in [0.05, 0.1) is 4.88 Å². The van der Waals surface area contributed by atoms with E-state index in [-0.39, 0.29) is 13.0 Å². The molecule has 3 rings (SSSR count). The fourth-order valence-corrected chi connectivity index (χ4v) is 6.05. The molecule has 1 aliphatic rings. The molecule has 1 atom stereocenters. The highest BCUT2D eigenvalue weighted by Gasteiger charge is 2.40. The van der Waals surface area contributed by atoms with Gasteiger partial charge in [0.1, 0.15) is 16.8 Å². The lowest BCUT2D eigenvalue weighted by Crippen LogP contribution is -2.51. The molecular weight excluding hydrogens is 417 g/mol. The van der Waals surface area contributed by atoms with Crippen LogP contribution in [0.3, 0.4) is 0 Å². The predicted molar refractivity (Wildman–Crippen MR) is 107 cm³/mol. The van der Waals surface area contributed by atoms with Crippen LogP contribution in [0.2, 0.25) is 0 Å². The molecule has 0 radical (unpaired) electrons. The van der Waals surface area contributed by atoms with Gasteiger partial charge in [-0.2, -0.15) is 4.31 Å². The summed E-state index contributed by atoms with van der Waals surface area (Å²) in [6.45, 7) is 4.01. The van der Waals surface area contributed by atoms with Gasteiger partial charge in [-0.3, -0.25) is 20.4 Å². The topological polar surface area (TPSA) is 95.6 Å². The second-order valence-corrected chi connectivity index (χ2v) is 9.71. The number of aryl methyl sites for hydroxylation is 2. The quantitative estimate of drug-likeness (QED) is 0.700. The SMILES string of the molecule is CCc1sc(C(=O)NNC(=O)[C@@H]2CCCN2S(=O)(=O)c2ccccc2F)cc1C. The molecule has 1 aliphatic heterocycles. The Bertz CT molecular complexity index is 1040. The number of rotatable bonds is 5. The lowest BCUT2D eigenvalue weighted by molar-refractivity contribution is -0.125. The maximum absolute atomic E-state index is 14.0. The van der Waals surface area contributed by atoms with Crippen LogP contribution < -0.4 is 10.9 Å². The summed E-state index contributed by atoms with van der Waals surface area (Å²) in [5.41, 5.74) is 5.65. The molecule has 2 amide bonds. The standard InChI is InChI=1S/C19H22FN3O4S2/c1-3-15-12(2)11-16(28-15)19(25)22-21-18(24)14-8-6-10-23(14)29(26,27)17-9-5-4-7-13(17)20/h4-5,7,9,11,14H,3,6,8,10H2,1-2H3,(H,21,24)(H,22,25)/t14-/m0/s1. The van der Waals surface area contributed by atoms with Crippen molar-refractivity contribution in [1.29, 1.82) is 0 Å². The van der Waals surface area contributed by atoms with Gasteiger partial charge < -0.3 is 0 Å². The molecular formula is C19H22FN3O4S2. The smallest absolute Gasteiger partial charge is 0.271 e. The van der Waals surface area contributed by atoms with Crippen molar-refractivity contribution in [2.24, 2.45) is 0 Å². The van der Waals surface area contributed by atoms with Crippen molar-refractivity contribution < 1.29 is 22.4 Å². The number of hydrazine groups is 1. The van der Waals surface area contributed by atoms with Crippen molar-refractivity contribution in [3.05, 3.63) is 51.5 Å². The maximum Gasteiger partial charge on any atom is 0.279 e. The highest BCUT2D eigenvalue weighted by Crippen LogP contribution is 2.27. The van der Waals surface area contributed by atoms with Gasteiger partial charge in [0, 0.05) is 11.4 Å². The minimum atomic E-state index is -4.17. The van der Waals surface area contributed by atoms with Crippen LogP contribution >= 0.6 is 11.3 Å². The number of thiophene rings is 1. The number of sulfonamides is 1. The van der Waals surface area contributed by atoms with E-state index < -0.39 is 38.6 Å². The van der Waals surface area contributed by atoms with Crippen molar-refractivity contribution in [3.63, 3.8) is 0 Å². The lowest BCUT2D eigenvalue weighted by atomic mass is 10.2. The molecule has 0 bridgehead atoms. The molecule has 0 unspecified atom stereocenters. The minimum Gasteiger partial charge on any atom is -0.271 e. The van der Waals surface area contributed by atoms with Crippen LogP contribution in [0.1, 0.15) is 39.9 Å². The summed E-state index contributed by atoms with van der Waals surface area (Å²) in [7, 11) is -4.17. The highest BCUT2D eigenvalue weighted by atomic mass is 32.2. The molecule has 156 valence electrons. The molecule has 2 N–H and O–H groups in total. The average Bonchev–Trinajstić information content (AvgIpc) is 3.33. The molecule has 10 heteroatoms. The first-order valence-electron chi connectivity index (χ1n) is 9.21. The molecule has 1 fully saturated rings. The zero-order valence-electron chi connectivity index (χ0n) is 16.1. The van der Waals surface area contributed by atoms with Gasteiger partial charge in [0.25, 0.3) is 11.8 Å². The number of benzene rings is 1. The number of carbonyl (C=O) groups is 2. The third kappa shape index (κ3) is 4.34. The van der Waals surface area contributed by atoms with E-state index in [2.05, 4.69) is 10.9 Å². The first-order chi connectivity index (χ1) is 13.8. The van der Waals surface area contributed by atoms with E-state index in [1.807, 2.05) is 13.8 Å². The number of carbonyl (C=O) groups excluding carboxylic acids is 2. The fourth-order valence-electron chi connectivity index (χ4n) is 3.32. The first-order valence-corrected chi connectivity index (χ1v) is 11.5. The van der Waals surface area contributed by atoms with Crippen LogP contribution in [0, 0.1) is 12.7 Å². The number of halogens is 1. The van der Waals surface area contributed by atoms with Gasteiger partial charge in [-0.1, -0.05) is 19.1 Å². The second-order valence-electron chi connectivity index (χ2n) is 6.72. The van der Waals surface area contributed by atoms with Crippen molar-refractivity contribution >= 4 is 33.2 Å². The molecule has 0 saturated carbocycles. The van der Waals surface area contributed by atoms with E-state index in [1.165, 1.54) is 29.5 Å². The first kappa shape index (κ1) is 21.4. The summed E-state index contributed by atoms with van der Waals surface area (Å²) in [6.07, 6.45) is 1.55. The summed E-state index contributed by atoms with van der Waals surface area (Å²) >= 11 is 1.34. The van der Waals surface area contributed by atoms with Gasteiger partial charge in [-0.25, -0.2) is 12.8 Å². The molecule has 7 nitrogen and oxygen atoms in total. The molecule has 1 saturated heterocycles. The number of amides is 2. The molecule has 1 aromatic carbocycles. The fraction of sp³-hybridized carbons (Fsp3) is 0.368. The summed E-state index contributed by atoms with van der Waals surface area (Å²) in [5, 5.41) is 0. The van der Waals surface area contributed by atoms with Crippen molar-refractivity contribution in [2.75, 3.05) is 6.54 Å². The van der Waals surface area contributed by atoms with Crippen LogP contribution in [-0.2, 0) is 21.2 Å². The minimum absolute atomic E-state index is 0.104. The largest absolute Gasteiger partial charge is 0.279 e. The number of hydrogen-bond acceptors (Lipinski definition) is 5. The van der Waals surface area contributed by atoms with Gasteiger partial charge in [0.15, 0.2) is 0 Å². The van der Waals surface area contributed by atoms with E-state index in [0.717, 1.165) is 27.2 Å². The van der Waals surface area contributed by atoms with Crippen LogP contribution in [0.15, 0.2) is 35.2 Å².